The molecule has 0 radical (unpaired) electrons. The molecular formula is C15H26N3O3P. The first kappa shape index (κ1) is 17.3. The second-order valence-electron chi connectivity index (χ2n) is 6.82. The van der Waals surface area contributed by atoms with Gasteiger partial charge in [-0.3, -0.25) is 0 Å². The highest BCUT2D eigenvalue weighted by Gasteiger charge is 2.54. The van der Waals surface area contributed by atoms with Crippen LogP contribution in [0.25, 0.3) is 0 Å². The van der Waals surface area contributed by atoms with Crippen molar-refractivity contribution in [3.63, 3.8) is 0 Å². The maximum atomic E-state index is 10.7. The molecule has 0 saturated carbocycles. The number of aliphatic hydroxyl groups excluding tert-OH is 1. The van der Waals surface area contributed by atoms with E-state index in [0.717, 1.165) is 6.16 Å². The van der Waals surface area contributed by atoms with Gasteiger partial charge in [0.25, 0.3) is 0 Å². The summed E-state index contributed by atoms with van der Waals surface area (Å²) in [5, 5.41) is 21.1. The van der Waals surface area contributed by atoms with E-state index in [9.17, 15) is 10.2 Å². The van der Waals surface area contributed by atoms with E-state index in [1.165, 1.54) is 0 Å². The van der Waals surface area contributed by atoms with Gasteiger partial charge in [0.1, 0.15) is 23.4 Å². The van der Waals surface area contributed by atoms with Gasteiger partial charge >= 0.3 is 0 Å². The van der Waals surface area contributed by atoms with Gasteiger partial charge in [-0.2, -0.15) is 0 Å². The van der Waals surface area contributed by atoms with Crippen LogP contribution in [0.2, 0.25) is 0 Å². The molecule has 0 aromatic rings. The van der Waals surface area contributed by atoms with Gasteiger partial charge in [-0.25, -0.2) is 4.99 Å². The predicted octanol–water partition coefficient (Wildman–Crippen LogP) is 0.580. The Labute approximate surface area is 131 Å². The zero-order valence-electron chi connectivity index (χ0n) is 13.4. The Morgan fingerprint density at radius 3 is 2.73 bits per heavy atom. The van der Waals surface area contributed by atoms with Crippen LogP contribution < -0.4 is 5.73 Å². The van der Waals surface area contributed by atoms with Gasteiger partial charge in [-0.1, -0.05) is 6.58 Å². The third-order valence-electron chi connectivity index (χ3n) is 3.99. The fourth-order valence-corrected chi connectivity index (χ4v) is 3.60. The van der Waals surface area contributed by atoms with Gasteiger partial charge in [0.05, 0.1) is 6.10 Å². The minimum Gasteiger partial charge on any atom is -0.387 e. The molecule has 22 heavy (non-hydrogen) atoms. The molecule has 4 atom stereocenters. The number of rotatable bonds is 4. The van der Waals surface area contributed by atoms with Crippen LogP contribution in [0.1, 0.15) is 13.3 Å². The summed E-state index contributed by atoms with van der Waals surface area (Å²) in [7, 11) is 0. The Bertz CT molecular complexity index is 564. The molecule has 124 valence electrons. The van der Waals surface area contributed by atoms with Crippen LogP contribution in [-0.4, -0.2) is 70.8 Å². The molecule has 1 unspecified atom stereocenters. The van der Waals surface area contributed by atoms with E-state index in [-0.39, 0.29) is 0 Å². The monoisotopic (exact) mass is 327 g/mol. The molecule has 0 spiro atoms. The Morgan fingerprint density at radius 2 is 2.18 bits per heavy atom. The summed E-state index contributed by atoms with van der Waals surface area (Å²) in [6.45, 7) is 8.44. The molecule has 0 aliphatic carbocycles. The van der Waals surface area contributed by atoms with Crippen LogP contribution in [0.15, 0.2) is 29.7 Å². The molecule has 2 rings (SSSR count). The van der Waals surface area contributed by atoms with Crippen molar-refractivity contribution in [3.8, 4) is 0 Å². The summed E-state index contributed by atoms with van der Waals surface area (Å²) in [6, 6.07) is 0. The molecule has 0 bridgehead atoms. The molecule has 0 aromatic carbocycles. The van der Waals surface area contributed by atoms with Crippen molar-refractivity contribution in [1.82, 2.24) is 4.90 Å². The van der Waals surface area contributed by atoms with Gasteiger partial charge in [-0.05, 0) is 38.9 Å². The minimum absolute atomic E-state index is 0.347. The first-order valence-corrected chi connectivity index (χ1v) is 10.3. The molecule has 2 heterocycles. The van der Waals surface area contributed by atoms with Crippen molar-refractivity contribution in [2.24, 2.45) is 10.7 Å². The van der Waals surface area contributed by atoms with Crippen LogP contribution in [0.5, 0.6) is 0 Å². The van der Waals surface area contributed by atoms with E-state index in [0.29, 0.717) is 18.1 Å². The number of nitrogens with zero attached hydrogens (tertiary/aromatic N) is 2. The Morgan fingerprint density at radius 1 is 1.55 bits per heavy atom. The number of hydrogen-bond donors (Lipinski definition) is 3. The zero-order valence-corrected chi connectivity index (χ0v) is 14.3. The summed E-state index contributed by atoms with van der Waals surface area (Å²) in [5.41, 5.74) is 4.20. The smallest absolute Gasteiger partial charge is 0.166 e. The second kappa shape index (κ2) is 5.85. The Kier molecular flexibility index (Phi) is 4.60. The predicted molar refractivity (Wildman–Crippen MR) is 92.4 cm³/mol. The maximum absolute atomic E-state index is 10.7. The molecular weight excluding hydrogens is 301 g/mol. The molecule has 1 saturated heterocycles. The third kappa shape index (κ3) is 3.46. The average molecular weight is 327 g/mol. The quantitative estimate of drug-likeness (QED) is 0.657. The van der Waals surface area contributed by atoms with Crippen molar-refractivity contribution in [1.29, 1.82) is 0 Å². The van der Waals surface area contributed by atoms with Crippen LogP contribution in [0.4, 0.5) is 0 Å². The lowest BCUT2D eigenvalue weighted by Gasteiger charge is -2.35. The average Bonchev–Trinajstić information content (AvgIpc) is 2.59. The van der Waals surface area contributed by atoms with Crippen LogP contribution in [0, 0.1) is 0 Å². The van der Waals surface area contributed by atoms with E-state index >= 15 is 0 Å². The fraction of sp³-hybridized carbons (Fsp3) is 0.600. The number of nitrogens with two attached hydrogens (primary N) is 1. The van der Waals surface area contributed by atoms with E-state index in [2.05, 4.69) is 31.2 Å². The summed E-state index contributed by atoms with van der Waals surface area (Å²) < 4.78 is 5.92. The van der Waals surface area contributed by atoms with Crippen LogP contribution >= 0.6 is 6.89 Å². The number of hydrogen-bond acceptors (Lipinski definition) is 6. The molecule has 4 N–H and O–H groups in total. The molecule has 0 amide bonds. The van der Waals surface area contributed by atoms with Gasteiger partial charge in [0, 0.05) is 6.20 Å². The number of amidine groups is 1. The van der Waals surface area contributed by atoms with Crippen molar-refractivity contribution < 1.29 is 14.9 Å². The number of aliphatic imine (C=N–C) groups is 1. The number of aliphatic hydroxyl groups is 2. The van der Waals surface area contributed by atoms with Crippen LogP contribution in [0.3, 0.4) is 0 Å². The summed E-state index contributed by atoms with van der Waals surface area (Å²) in [5.74, 6) is 0.725. The third-order valence-corrected chi connectivity index (χ3v) is 5.46. The standard InChI is InChI=1S/C15H26N3O3P/c1-10-17-12(16)6-8-18(10)14-15(2,20)13(19)11(21-14)7-9-22(3,4)5/h6,8,11,13-14,19-20H,1,3,7,9H2,2,4-5H3,(H2,16,17)/t11-,13-,14?,15+/m1/s1. The molecule has 0 aromatic heterocycles. The van der Waals surface area contributed by atoms with Gasteiger partial charge in [0.2, 0.25) is 0 Å². The van der Waals surface area contributed by atoms with Crippen molar-refractivity contribution in [2.75, 3.05) is 19.5 Å². The molecule has 2 aliphatic heterocycles. The Balaban J connectivity index is 2.15. The number of ether oxygens (including phenoxy) is 1. The molecule has 7 heteroatoms. The van der Waals surface area contributed by atoms with E-state index in [4.69, 9.17) is 10.5 Å². The highest BCUT2D eigenvalue weighted by atomic mass is 31.2. The lowest BCUT2D eigenvalue weighted by molar-refractivity contribution is -0.109. The largest absolute Gasteiger partial charge is 0.387 e. The van der Waals surface area contributed by atoms with Gasteiger partial charge in [-0.15, -0.1) is 13.2 Å². The van der Waals surface area contributed by atoms with Crippen molar-refractivity contribution in [2.45, 2.75) is 37.4 Å². The SMILES string of the molecule is C=C1N=C(N)C=CN1C1O[C@H](CCP(=C)(C)C)[C@@H](O)[C@]1(C)O. The van der Waals surface area contributed by atoms with Crippen molar-refractivity contribution in [3.05, 3.63) is 24.7 Å². The summed E-state index contributed by atoms with van der Waals surface area (Å²) in [6.07, 6.45) is 6.82. The van der Waals surface area contributed by atoms with E-state index < -0.39 is 30.9 Å². The maximum Gasteiger partial charge on any atom is 0.166 e. The fourth-order valence-electron chi connectivity index (χ4n) is 2.65. The first-order valence-electron chi connectivity index (χ1n) is 7.25. The molecule has 6 nitrogen and oxygen atoms in total. The summed E-state index contributed by atoms with van der Waals surface area (Å²) >= 11 is 0. The Hall–Kier alpha value is -1.07. The highest BCUT2D eigenvalue weighted by Crippen LogP contribution is 2.41. The lowest BCUT2D eigenvalue weighted by atomic mass is 9.95. The van der Waals surface area contributed by atoms with Gasteiger partial charge in [0.15, 0.2) is 6.23 Å². The normalized spacial score (nSPS) is 35.9. The van der Waals surface area contributed by atoms with E-state index in [1.54, 1.807) is 24.1 Å². The zero-order chi connectivity index (χ0) is 16.7. The van der Waals surface area contributed by atoms with Gasteiger partial charge < -0.3 is 25.6 Å². The first-order chi connectivity index (χ1) is 10.0. The summed E-state index contributed by atoms with van der Waals surface area (Å²) in [4.78, 5) is 5.67. The lowest BCUT2D eigenvalue weighted by Crippen LogP contribution is -2.51. The molecule has 1 fully saturated rings. The van der Waals surface area contributed by atoms with Crippen LogP contribution in [-0.2, 0) is 4.74 Å². The highest BCUT2D eigenvalue weighted by molar-refractivity contribution is 7.72. The van der Waals surface area contributed by atoms with Crippen molar-refractivity contribution >= 4 is 19.0 Å². The minimum atomic E-state index is -1.43. The second-order valence-corrected chi connectivity index (χ2v) is 11.1. The topological polar surface area (TPSA) is 91.3 Å². The molecule has 2 aliphatic rings. The van der Waals surface area contributed by atoms with E-state index in [1.807, 2.05) is 0 Å².